The highest BCUT2D eigenvalue weighted by molar-refractivity contribution is 5.67. The number of carboxylic acid groups (broad SMARTS) is 1. The van der Waals surface area contributed by atoms with Crippen molar-refractivity contribution in [2.24, 2.45) is 28.6 Å². The van der Waals surface area contributed by atoms with Gasteiger partial charge in [-0.25, -0.2) is 0 Å². The summed E-state index contributed by atoms with van der Waals surface area (Å²) in [5.41, 5.74) is 1.12. The normalized spacial score (nSPS) is 54.7. The number of rotatable bonds is 4. The molecule has 3 heterocycles. The van der Waals surface area contributed by atoms with Crippen LogP contribution in [0.5, 0.6) is 0 Å². The van der Waals surface area contributed by atoms with Gasteiger partial charge in [0.25, 0.3) is 0 Å². The van der Waals surface area contributed by atoms with Crippen molar-refractivity contribution in [1.82, 2.24) is 4.90 Å². The van der Waals surface area contributed by atoms with Crippen LogP contribution in [0, 0.1) is 28.6 Å². The molecule has 7 atom stereocenters. The van der Waals surface area contributed by atoms with Crippen LogP contribution in [0.1, 0.15) is 78.6 Å². The minimum absolute atomic E-state index is 0.288. The van der Waals surface area contributed by atoms with Gasteiger partial charge < -0.3 is 5.11 Å². The largest absolute Gasteiger partial charge is 0.481 e. The summed E-state index contributed by atoms with van der Waals surface area (Å²) in [5, 5.41) is 9.49. The molecule has 0 amide bonds. The van der Waals surface area contributed by atoms with Gasteiger partial charge in [0.2, 0.25) is 0 Å². The number of fused-ring (bicyclic) bond motifs is 1. The Bertz CT molecular complexity index is 588. The summed E-state index contributed by atoms with van der Waals surface area (Å²) in [6.07, 6.45) is 10.9. The van der Waals surface area contributed by atoms with E-state index < -0.39 is 5.97 Å². The third-order valence-corrected chi connectivity index (χ3v) is 9.71. The molecule has 4 bridgehead atoms. The molecule has 0 radical (unpaired) electrons. The lowest BCUT2D eigenvalue weighted by Gasteiger charge is -2.57. The number of hydrogen-bond acceptors (Lipinski definition) is 2. The minimum atomic E-state index is -0.586. The van der Waals surface area contributed by atoms with Crippen molar-refractivity contribution in [3.63, 3.8) is 0 Å². The van der Waals surface area contributed by atoms with Gasteiger partial charge in [-0.2, -0.15) is 0 Å². The number of carbonyl (C=O) groups is 1. The lowest BCUT2D eigenvalue weighted by molar-refractivity contribution is -0.140. The van der Waals surface area contributed by atoms with E-state index in [0.29, 0.717) is 23.4 Å². The third kappa shape index (κ3) is 1.42. The molecule has 0 aromatic carbocycles. The standard InChI is InChI=1S/C21H33NO2/c1-13(2)14-6-10-19(3)16-7-11-20-9-4-5-15(20)21(19,12-8-17(23)24)18(14)22(16)20/h13-16,18H,4-12H2,1-3H3,(H,23,24)/t14-,15-,16+,18+,19+,20?,21+/m1/s1. The molecule has 2 aliphatic carbocycles. The summed E-state index contributed by atoms with van der Waals surface area (Å²) >= 11 is 0. The van der Waals surface area contributed by atoms with Crippen molar-refractivity contribution < 1.29 is 9.90 Å². The molecule has 5 rings (SSSR count). The molecule has 1 spiro atoms. The van der Waals surface area contributed by atoms with Gasteiger partial charge in [-0.1, -0.05) is 27.2 Å². The summed E-state index contributed by atoms with van der Waals surface area (Å²) in [6, 6.07) is 1.42. The Labute approximate surface area is 146 Å². The van der Waals surface area contributed by atoms with E-state index in [1.807, 2.05) is 0 Å². The molecule has 5 aliphatic rings. The summed E-state index contributed by atoms with van der Waals surface area (Å²) < 4.78 is 0. The van der Waals surface area contributed by atoms with Crippen LogP contribution >= 0.6 is 0 Å². The van der Waals surface area contributed by atoms with Gasteiger partial charge in [-0.05, 0) is 73.5 Å². The van der Waals surface area contributed by atoms with E-state index >= 15 is 0 Å². The maximum Gasteiger partial charge on any atom is 0.303 e. The van der Waals surface area contributed by atoms with Gasteiger partial charge in [-0.3, -0.25) is 9.69 Å². The first-order chi connectivity index (χ1) is 11.4. The lowest BCUT2D eigenvalue weighted by Crippen LogP contribution is -2.57. The zero-order valence-electron chi connectivity index (χ0n) is 15.6. The molecular formula is C21H33NO2. The fraction of sp³-hybridized carbons (Fsp3) is 0.952. The Morgan fingerprint density at radius 3 is 2.71 bits per heavy atom. The zero-order valence-corrected chi connectivity index (χ0v) is 15.6. The average molecular weight is 332 g/mol. The molecule has 1 N–H and O–H groups in total. The van der Waals surface area contributed by atoms with Gasteiger partial charge in [0, 0.05) is 24.0 Å². The number of hydrogen-bond donors (Lipinski definition) is 1. The monoisotopic (exact) mass is 331 g/mol. The van der Waals surface area contributed by atoms with E-state index in [1.54, 1.807) is 0 Å². The summed E-state index contributed by atoms with van der Waals surface area (Å²) in [6.45, 7) is 7.38. The number of aliphatic carboxylic acids is 1. The molecule has 24 heavy (non-hydrogen) atoms. The molecule has 2 saturated carbocycles. The van der Waals surface area contributed by atoms with E-state index in [1.165, 1.54) is 44.9 Å². The molecule has 3 saturated heterocycles. The lowest BCUT2D eigenvalue weighted by atomic mass is 9.46. The van der Waals surface area contributed by atoms with Crippen molar-refractivity contribution >= 4 is 5.97 Å². The van der Waals surface area contributed by atoms with Crippen LogP contribution in [0.3, 0.4) is 0 Å². The van der Waals surface area contributed by atoms with Crippen LogP contribution in [-0.4, -0.2) is 33.6 Å². The van der Waals surface area contributed by atoms with Crippen LogP contribution in [0.2, 0.25) is 0 Å². The van der Waals surface area contributed by atoms with Crippen molar-refractivity contribution in [3.05, 3.63) is 0 Å². The maximum absolute atomic E-state index is 11.5. The predicted octanol–water partition coefficient (Wildman–Crippen LogP) is 4.31. The van der Waals surface area contributed by atoms with Crippen molar-refractivity contribution in [2.75, 3.05) is 0 Å². The fourth-order valence-electron chi connectivity index (χ4n) is 9.19. The topological polar surface area (TPSA) is 40.5 Å². The van der Waals surface area contributed by atoms with Crippen molar-refractivity contribution in [3.8, 4) is 0 Å². The van der Waals surface area contributed by atoms with Crippen LogP contribution in [0.25, 0.3) is 0 Å². The van der Waals surface area contributed by atoms with Crippen LogP contribution in [-0.2, 0) is 4.79 Å². The molecule has 1 unspecified atom stereocenters. The summed E-state index contributed by atoms with van der Waals surface area (Å²) in [7, 11) is 0. The molecule has 5 fully saturated rings. The first kappa shape index (κ1) is 15.7. The van der Waals surface area contributed by atoms with E-state index in [4.69, 9.17) is 0 Å². The smallest absolute Gasteiger partial charge is 0.303 e. The Kier molecular flexibility index (Phi) is 2.99. The van der Waals surface area contributed by atoms with Gasteiger partial charge >= 0.3 is 5.97 Å². The van der Waals surface area contributed by atoms with Crippen LogP contribution in [0.4, 0.5) is 0 Å². The average Bonchev–Trinajstić information content (AvgIpc) is 3.16. The zero-order chi connectivity index (χ0) is 16.9. The highest BCUT2D eigenvalue weighted by Gasteiger charge is 2.84. The van der Waals surface area contributed by atoms with E-state index in [9.17, 15) is 9.90 Å². The summed E-state index contributed by atoms with van der Waals surface area (Å²) in [4.78, 5) is 14.6. The predicted molar refractivity (Wildman–Crippen MR) is 93.7 cm³/mol. The van der Waals surface area contributed by atoms with Gasteiger partial charge in [0.05, 0.1) is 0 Å². The quantitative estimate of drug-likeness (QED) is 0.834. The highest BCUT2D eigenvalue weighted by atomic mass is 16.4. The number of carboxylic acids is 1. The number of nitrogens with zero attached hydrogens (tertiary/aromatic N) is 1. The summed E-state index contributed by atoms with van der Waals surface area (Å²) in [5.74, 6) is 1.69. The highest BCUT2D eigenvalue weighted by Crippen LogP contribution is 2.82. The second-order valence-corrected chi connectivity index (χ2v) is 10.3. The molecule has 3 nitrogen and oxygen atoms in total. The second-order valence-electron chi connectivity index (χ2n) is 10.3. The van der Waals surface area contributed by atoms with Gasteiger partial charge in [-0.15, -0.1) is 0 Å². The van der Waals surface area contributed by atoms with Crippen LogP contribution in [0.15, 0.2) is 0 Å². The SMILES string of the molecule is CC(C)[C@H]1CC[C@@]2(C)[C@@H]3CCC45CCC[C@H]4[C@@]2(CCC(=O)O)[C@H]1N35. The molecular weight excluding hydrogens is 298 g/mol. The Morgan fingerprint density at radius 1 is 1.21 bits per heavy atom. The van der Waals surface area contributed by atoms with E-state index in [-0.39, 0.29) is 5.41 Å². The Hall–Kier alpha value is -0.570. The minimum Gasteiger partial charge on any atom is -0.481 e. The fourth-order valence-corrected chi connectivity index (χ4v) is 9.19. The van der Waals surface area contributed by atoms with E-state index in [0.717, 1.165) is 30.2 Å². The molecule has 0 aromatic rings. The molecule has 3 heteroatoms. The van der Waals surface area contributed by atoms with Gasteiger partial charge in [0.1, 0.15) is 0 Å². The first-order valence-corrected chi connectivity index (χ1v) is 10.4. The third-order valence-electron chi connectivity index (χ3n) is 9.71. The van der Waals surface area contributed by atoms with Crippen molar-refractivity contribution in [1.29, 1.82) is 0 Å². The maximum atomic E-state index is 11.5. The van der Waals surface area contributed by atoms with E-state index in [2.05, 4.69) is 25.7 Å². The van der Waals surface area contributed by atoms with Crippen LogP contribution < -0.4 is 0 Å². The number of piperidine rings is 1. The first-order valence-electron chi connectivity index (χ1n) is 10.4. The Morgan fingerprint density at radius 2 is 2.00 bits per heavy atom. The molecule has 3 aliphatic heterocycles. The van der Waals surface area contributed by atoms with Gasteiger partial charge in [0.15, 0.2) is 0 Å². The van der Waals surface area contributed by atoms with Crippen molar-refractivity contribution in [2.45, 2.75) is 96.2 Å². The molecule has 134 valence electrons. The molecule has 0 aromatic heterocycles. The Balaban J connectivity index is 1.69. The second kappa shape index (κ2) is 4.58.